The highest BCUT2D eigenvalue weighted by atomic mass is 35.5. The highest BCUT2D eigenvalue weighted by molar-refractivity contribution is 6.31. The zero-order chi connectivity index (χ0) is 25.6. The zero-order valence-electron chi connectivity index (χ0n) is 22.9. The van der Waals surface area contributed by atoms with Gasteiger partial charge in [-0.25, -0.2) is 4.98 Å². The lowest BCUT2D eigenvalue weighted by Gasteiger charge is -2.17. The van der Waals surface area contributed by atoms with Crippen LogP contribution in [-0.2, 0) is 6.54 Å². The molecule has 1 aromatic heterocycles. The summed E-state index contributed by atoms with van der Waals surface area (Å²) in [5.74, 6) is 1.83. The second-order valence-corrected chi connectivity index (χ2v) is 10.8. The maximum Gasteiger partial charge on any atom is 0.153 e. The van der Waals surface area contributed by atoms with Gasteiger partial charge >= 0.3 is 0 Å². The Bertz CT molecular complexity index is 1030. The van der Waals surface area contributed by atoms with Crippen LogP contribution in [0.25, 0.3) is 11.0 Å². The fraction of sp³-hybridized carbons (Fsp3) is 0.594. The number of unbranched alkanes of at least 4 members (excludes halogenated alkanes) is 13. The van der Waals surface area contributed by atoms with Crippen molar-refractivity contribution in [2.24, 2.45) is 0 Å². The van der Waals surface area contributed by atoms with Gasteiger partial charge in [-0.1, -0.05) is 114 Å². The molecule has 0 saturated carbocycles. The first-order valence-corrected chi connectivity index (χ1v) is 14.9. The number of halogens is 1. The molecule has 36 heavy (non-hydrogen) atoms. The fourth-order valence-electron chi connectivity index (χ4n) is 5.05. The van der Waals surface area contributed by atoms with Gasteiger partial charge in [0.1, 0.15) is 5.75 Å². The number of aryl methyl sites for hydroxylation is 2. The monoisotopic (exact) mass is 510 g/mol. The highest BCUT2D eigenvalue weighted by Crippen LogP contribution is 2.28. The van der Waals surface area contributed by atoms with Gasteiger partial charge in [0.2, 0.25) is 0 Å². The van der Waals surface area contributed by atoms with E-state index in [4.69, 9.17) is 21.3 Å². The van der Waals surface area contributed by atoms with Crippen molar-refractivity contribution in [1.82, 2.24) is 9.55 Å². The molecule has 4 heteroatoms. The quantitative estimate of drug-likeness (QED) is 0.159. The number of aromatic nitrogens is 2. The molecule has 3 aromatic rings. The molecule has 0 fully saturated rings. The Labute approximate surface area is 224 Å². The Hall–Kier alpha value is -2.00. The minimum absolute atomic E-state index is 0.135. The number of para-hydroxylation sites is 2. The van der Waals surface area contributed by atoms with Crippen molar-refractivity contribution >= 4 is 22.6 Å². The van der Waals surface area contributed by atoms with Crippen LogP contribution in [0.4, 0.5) is 0 Å². The van der Waals surface area contributed by atoms with Gasteiger partial charge in [-0.15, -0.1) is 0 Å². The number of rotatable bonds is 18. The van der Waals surface area contributed by atoms with Crippen LogP contribution in [0, 0.1) is 6.92 Å². The van der Waals surface area contributed by atoms with Crippen molar-refractivity contribution in [3.63, 3.8) is 0 Å². The van der Waals surface area contributed by atoms with Gasteiger partial charge in [0.05, 0.1) is 11.0 Å². The van der Waals surface area contributed by atoms with Crippen LogP contribution in [0.1, 0.15) is 121 Å². The normalized spacial score (nSPS) is 12.3. The molecule has 3 rings (SSSR count). The summed E-state index contributed by atoms with van der Waals surface area (Å²) in [4.78, 5) is 4.95. The van der Waals surface area contributed by atoms with Gasteiger partial charge in [0, 0.05) is 11.6 Å². The van der Waals surface area contributed by atoms with Crippen LogP contribution < -0.4 is 4.74 Å². The van der Waals surface area contributed by atoms with Crippen LogP contribution in [0.15, 0.2) is 42.5 Å². The standard InChI is InChI=1S/C32H47ClN2O/c1-4-5-6-7-8-9-10-11-12-13-14-15-16-19-24-35-31-21-18-17-20-30(31)34-32(35)27(3)36-28-22-23-29(33)26(2)25-28/h17-18,20-23,25,27H,4-16,19,24H2,1-3H3. The lowest BCUT2D eigenvalue weighted by molar-refractivity contribution is 0.211. The van der Waals surface area contributed by atoms with Crippen LogP contribution in [0.5, 0.6) is 5.75 Å². The molecule has 0 amide bonds. The number of ether oxygens (including phenoxy) is 1. The molecule has 0 aliphatic carbocycles. The van der Waals surface area contributed by atoms with E-state index in [1.54, 1.807) is 0 Å². The third-order valence-corrected chi connectivity index (χ3v) is 7.65. The average Bonchev–Trinajstić information content (AvgIpc) is 3.25. The Morgan fingerprint density at radius 2 is 1.39 bits per heavy atom. The number of hydrogen-bond donors (Lipinski definition) is 0. The summed E-state index contributed by atoms with van der Waals surface area (Å²) in [6.45, 7) is 7.37. The maximum absolute atomic E-state index is 6.29. The molecule has 1 atom stereocenters. The van der Waals surface area contributed by atoms with E-state index >= 15 is 0 Å². The Morgan fingerprint density at radius 1 is 0.806 bits per heavy atom. The van der Waals surface area contributed by atoms with Crippen LogP contribution in [0.2, 0.25) is 5.02 Å². The Morgan fingerprint density at radius 3 is 2.00 bits per heavy atom. The predicted octanol–water partition coefficient (Wildman–Crippen LogP) is 10.6. The second-order valence-electron chi connectivity index (χ2n) is 10.4. The lowest BCUT2D eigenvalue weighted by atomic mass is 10.0. The summed E-state index contributed by atoms with van der Waals surface area (Å²) in [6, 6.07) is 14.3. The molecule has 3 nitrogen and oxygen atoms in total. The summed E-state index contributed by atoms with van der Waals surface area (Å²) in [5.41, 5.74) is 3.27. The maximum atomic E-state index is 6.29. The zero-order valence-corrected chi connectivity index (χ0v) is 23.7. The predicted molar refractivity (Wildman–Crippen MR) is 155 cm³/mol. The Kier molecular flexibility index (Phi) is 12.7. The van der Waals surface area contributed by atoms with Crippen molar-refractivity contribution in [3.05, 3.63) is 58.9 Å². The van der Waals surface area contributed by atoms with Crippen molar-refractivity contribution in [1.29, 1.82) is 0 Å². The van der Waals surface area contributed by atoms with Gasteiger partial charge in [-0.2, -0.15) is 0 Å². The smallest absolute Gasteiger partial charge is 0.153 e. The summed E-state index contributed by atoms with van der Waals surface area (Å²) in [5, 5.41) is 0.764. The summed E-state index contributed by atoms with van der Waals surface area (Å²) >= 11 is 6.19. The summed E-state index contributed by atoms with van der Waals surface area (Å²) in [6.07, 6.45) is 19.2. The SMILES string of the molecule is CCCCCCCCCCCCCCCCn1c(C(C)Oc2ccc(Cl)c(C)c2)nc2ccccc21. The van der Waals surface area contributed by atoms with Gasteiger partial charge in [0.25, 0.3) is 0 Å². The van der Waals surface area contributed by atoms with Gasteiger partial charge in [-0.3, -0.25) is 0 Å². The first-order chi connectivity index (χ1) is 17.6. The van der Waals surface area contributed by atoms with E-state index in [-0.39, 0.29) is 6.10 Å². The molecule has 1 heterocycles. The van der Waals surface area contributed by atoms with E-state index in [1.165, 1.54) is 95.4 Å². The first kappa shape index (κ1) is 28.6. The van der Waals surface area contributed by atoms with E-state index in [9.17, 15) is 0 Å². The molecule has 198 valence electrons. The van der Waals surface area contributed by atoms with Crippen LogP contribution >= 0.6 is 11.6 Å². The molecule has 0 N–H and O–H groups in total. The second kappa shape index (κ2) is 16.0. The lowest BCUT2D eigenvalue weighted by Crippen LogP contribution is -2.12. The first-order valence-electron chi connectivity index (χ1n) is 14.5. The molecule has 0 spiro atoms. The van der Waals surface area contributed by atoms with Crippen molar-refractivity contribution in [2.45, 2.75) is 123 Å². The minimum Gasteiger partial charge on any atom is -0.483 e. The van der Waals surface area contributed by atoms with Crippen molar-refractivity contribution in [2.75, 3.05) is 0 Å². The summed E-state index contributed by atoms with van der Waals surface area (Å²) < 4.78 is 8.65. The number of hydrogen-bond acceptors (Lipinski definition) is 2. The van der Waals surface area contributed by atoms with Gasteiger partial charge in [0.15, 0.2) is 11.9 Å². The van der Waals surface area contributed by atoms with E-state index in [1.807, 2.05) is 25.1 Å². The fourth-order valence-corrected chi connectivity index (χ4v) is 5.17. The molecule has 0 aliphatic rings. The molecule has 1 unspecified atom stereocenters. The number of nitrogens with zero attached hydrogens (tertiary/aromatic N) is 2. The van der Waals surface area contributed by atoms with Gasteiger partial charge in [-0.05, 0) is 56.2 Å². The Balaban J connectivity index is 1.40. The number of benzene rings is 2. The summed E-state index contributed by atoms with van der Waals surface area (Å²) in [7, 11) is 0. The number of fused-ring (bicyclic) bond motifs is 1. The molecule has 0 bridgehead atoms. The van der Waals surface area contributed by atoms with Crippen LogP contribution in [0.3, 0.4) is 0 Å². The van der Waals surface area contributed by atoms with E-state index < -0.39 is 0 Å². The molecule has 0 radical (unpaired) electrons. The van der Waals surface area contributed by atoms with Gasteiger partial charge < -0.3 is 9.30 Å². The third kappa shape index (κ3) is 9.14. The third-order valence-electron chi connectivity index (χ3n) is 7.23. The minimum atomic E-state index is -0.135. The number of imidazole rings is 1. The van der Waals surface area contributed by atoms with Crippen LogP contribution in [-0.4, -0.2) is 9.55 Å². The largest absolute Gasteiger partial charge is 0.483 e. The molecular formula is C32H47ClN2O. The van der Waals surface area contributed by atoms with Crippen molar-refractivity contribution < 1.29 is 4.74 Å². The van der Waals surface area contributed by atoms with E-state index in [0.717, 1.165) is 34.2 Å². The molecular weight excluding hydrogens is 464 g/mol. The molecule has 0 aliphatic heterocycles. The average molecular weight is 511 g/mol. The topological polar surface area (TPSA) is 27.1 Å². The van der Waals surface area contributed by atoms with E-state index in [0.29, 0.717) is 0 Å². The molecule has 2 aromatic carbocycles. The molecule has 0 saturated heterocycles. The van der Waals surface area contributed by atoms with Crippen molar-refractivity contribution in [3.8, 4) is 5.75 Å². The highest BCUT2D eigenvalue weighted by Gasteiger charge is 2.18. The van der Waals surface area contributed by atoms with E-state index in [2.05, 4.69) is 42.7 Å².